The van der Waals surface area contributed by atoms with E-state index in [1.807, 2.05) is 18.2 Å². The molecule has 4 rings (SSSR count). The first-order chi connectivity index (χ1) is 13.9. The first-order valence-electron chi connectivity index (χ1n) is 9.03. The molecule has 0 atom stereocenters. The predicted molar refractivity (Wildman–Crippen MR) is 106 cm³/mol. The second kappa shape index (κ2) is 8.33. The number of anilines is 1. The fourth-order valence-corrected chi connectivity index (χ4v) is 3.97. The highest BCUT2D eigenvalue weighted by Crippen LogP contribution is 2.37. The van der Waals surface area contributed by atoms with Crippen LogP contribution in [-0.2, 0) is 4.79 Å². The van der Waals surface area contributed by atoms with E-state index in [2.05, 4.69) is 40.8 Å². The lowest BCUT2D eigenvalue weighted by Gasteiger charge is -2.40. The number of fused-ring (bicyclic) bond motifs is 1. The molecule has 8 nitrogen and oxygen atoms in total. The number of hydrogen-bond donors (Lipinski definition) is 1. The van der Waals surface area contributed by atoms with Crippen LogP contribution < -0.4 is 37.2 Å². The van der Waals surface area contributed by atoms with Crippen LogP contribution in [0.1, 0.15) is 6.92 Å². The Kier molecular flexibility index (Phi) is 5.79. The molecule has 1 N–H and O–H groups in total. The molecular formula is C19H19ClIN5O3-. The maximum atomic E-state index is 11.2. The van der Waals surface area contributed by atoms with Crippen molar-refractivity contribution in [2.24, 2.45) is 0 Å². The molecule has 1 aromatic carbocycles. The van der Waals surface area contributed by atoms with Crippen LogP contribution in [0.15, 0.2) is 24.3 Å². The van der Waals surface area contributed by atoms with Gasteiger partial charge in [0.1, 0.15) is 5.82 Å². The van der Waals surface area contributed by atoms with Gasteiger partial charge in [0.15, 0.2) is 0 Å². The van der Waals surface area contributed by atoms with Crippen LogP contribution >= 0.6 is 11.6 Å². The van der Waals surface area contributed by atoms with E-state index in [-0.39, 0.29) is 6.01 Å². The zero-order chi connectivity index (χ0) is 20.5. The summed E-state index contributed by atoms with van der Waals surface area (Å²) in [5.41, 5.74) is 2.82. The van der Waals surface area contributed by atoms with E-state index in [0.717, 1.165) is 43.1 Å². The van der Waals surface area contributed by atoms with E-state index in [1.54, 1.807) is 13.2 Å². The molecule has 0 aliphatic carbocycles. The van der Waals surface area contributed by atoms with Crippen molar-refractivity contribution in [2.75, 3.05) is 38.2 Å². The maximum Gasteiger partial charge on any atom is 0.310 e. The number of pyridine rings is 1. The van der Waals surface area contributed by atoms with Gasteiger partial charge in [-0.2, -0.15) is 9.97 Å². The van der Waals surface area contributed by atoms with Crippen molar-refractivity contribution in [1.29, 1.82) is 0 Å². The number of esters is 1. The van der Waals surface area contributed by atoms with Gasteiger partial charge in [-0.1, -0.05) is 11.6 Å². The van der Waals surface area contributed by atoms with Gasteiger partial charge in [0.2, 0.25) is 5.88 Å². The van der Waals surface area contributed by atoms with Crippen LogP contribution in [0.4, 0.5) is 5.82 Å². The van der Waals surface area contributed by atoms with Gasteiger partial charge in [0, 0.05) is 31.1 Å². The Bertz CT molecular complexity index is 1070. The van der Waals surface area contributed by atoms with E-state index in [4.69, 9.17) is 26.1 Å². The topological polar surface area (TPSA) is 83.6 Å². The Morgan fingerprint density at radius 3 is 2.62 bits per heavy atom. The van der Waals surface area contributed by atoms with Crippen LogP contribution in [-0.4, -0.2) is 57.3 Å². The monoisotopic (exact) mass is 527 g/mol. The number of benzene rings is 1. The minimum atomic E-state index is -0.444. The third kappa shape index (κ3) is 4.26. The number of rotatable bonds is 4. The molecule has 0 bridgehead atoms. The average Bonchev–Trinajstić information content (AvgIpc) is 3.07. The number of piperazine rings is 1. The highest BCUT2D eigenvalue weighted by atomic mass is 127. The molecule has 0 unspecified atom stereocenters. The highest BCUT2D eigenvalue weighted by molar-refractivity contribution is 6.34. The second-order valence-electron chi connectivity index (χ2n) is 6.61. The fourth-order valence-electron chi connectivity index (χ4n) is 3.28. The van der Waals surface area contributed by atoms with E-state index < -0.39 is 5.97 Å². The number of halogens is 2. The van der Waals surface area contributed by atoms with E-state index >= 15 is 0 Å². The minimum Gasteiger partial charge on any atom is -0.699 e. The summed E-state index contributed by atoms with van der Waals surface area (Å²) < 4.78 is 12.9. The number of ether oxygens (including phenoxy) is 2. The Balaban J connectivity index is 1.70. The van der Waals surface area contributed by atoms with Gasteiger partial charge in [0.05, 0.1) is 23.2 Å². The molecule has 1 fully saturated rings. The van der Waals surface area contributed by atoms with Gasteiger partial charge in [-0.3, -0.25) is 4.79 Å². The second-order valence-corrected chi connectivity index (χ2v) is 8.38. The van der Waals surface area contributed by atoms with E-state index in [0.29, 0.717) is 21.9 Å². The zero-order valence-electron chi connectivity index (χ0n) is 15.9. The van der Waals surface area contributed by atoms with Crippen LogP contribution in [0.2, 0.25) is 5.02 Å². The van der Waals surface area contributed by atoms with Gasteiger partial charge in [0.25, 0.3) is 0 Å². The van der Waals surface area contributed by atoms with Crippen molar-refractivity contribution in [3.8, 4) is 23.0 Å². The third-order valence-corrected chi connectivity index (χ3v) is 5.95. The number of carbonyl (C=O) groups is 1. The Morgan fingerprint density at radius 1 is 1.17 bits per heavy atom. The van der Waals surface area contributed by atoms with Crippen molar-refractivity contribution in [2.45, 2.75) is 6.92 Å². The van der Waals surface area contributed by atoms with E-state index in [1.165, 1.54) is 6.92 Å². The number of nitrogens with zero attached hydrogens (tertiary/aromatic N) is 4. The zero-order valence-corrected chi connectivity index (χ0v) is 18.8. The standard InChI is InChI=1S/C19H19ClIN5O3/c1-11(27)29-19-22-15-9-13(14(20)10-16(15)23-19)12-3-4-17(24-18(12)28-2)25-5-7-26(21)8-6-25/h3-4,9-10H,5-8H2,1-2H3,(H,22,23)/q-1. The summed E-state index contributed by atoms with van der Waals surface area (Å²) >= 11 is 8.87. The van der Waals surface area contributed by atoms with Crippen LogP contribution in [0.25, 0.3) is 22.2 Å². The first-order valence-corrected chi connectivity index (χ1v) is 10.4. The van der Waals surface area contributed by atoms with Gasteiger partial charge in [-0.15, -0.1) is 0 Å². The number of methoxy groups -OCH3 is 1. The Morgan fingerprint density at radius 2 is 1.93 bits per heavy atom. The van der Waals surface area contributed by atoms with Crippen molar-refractivity contribution in [1.82, 2.24) is 18.1 Å². The third-order valence-electron chi connectivity index (χ3n) is 4.67. The van der Waals surface area contributed by atoms with Crippen molar-refractivity contribution in [3.05, 3.63) is 29.3 Å². The lowest BCUT2D eigenvalue weighted by Crippen LogP contribution is -3.42. The molecule has 29 heavy (non-hydrogen) atoms. The number of H-pyrrole nitrogens is 1. The molecule has 0 amide bonds. The van der Waals surface area contributed by atoms with Crippen molar-refractivity contribution in [3.63, 3.8) is 0 Å². The molecule has 10 heteroatoms. The predicted octanol–water partition coefficient (Wildman–Crippen LogP) is -0.197. The summed E-state index contributed by atoms with van der Waals surface area (Å²) in [4.78, 5) is 25.4. The van der Waals surface area contributed by atoms with Crippen LogP contribution in [0.5, 0.6) is 11.9 Å². The molecule has 0 saturated carbocycles. The van der Waals surface area contributed by atoms with Crippen molar-refractivity contribution >= 4 is 34.4 Å². The fraction of sp³-hybridized carbons (Fsp3) is 0.316. The largest absolute Gasteiger partial charge is 0.699 e. The molecule has 3 heterocycles. The van der Waals surface area contributed by atoms with Crippen LogP contribution in [0, 0.1) is 0 Å². The molecule has 1 aliphatic rings. The van der Waals surface area contributed by atoms with Crippen LogP contribution in [0.3, 0.4) is 0 Å². The normalized spacial score (nSPS) is 15.0. The van der Waals surface area contributed by atoms with Gasteiger partial charge in [-0.25, -0.2) is 0 Å². The SMILES string of the molecule is COc1nc(N2CCN([I-])CC2)ccc1-c1cc2nc(OC(C)=O)[nH]c2cc1Cl. The Hall–Kier alpha value is -2.11. The van der Waals surface area contributed by atoms with Gasteiger partial charge in [-0.05, 0) is 37.4 Å². The number of aromatic nitrogens is 3. The summed E-state index contributed by atoms with van der Waals surface area (Å²) in [5, 5.41) is 0.516. The number of nitrogens with one attached hydrogen (secondary N) is 1. The summed E-state index contributed by atoms with van der Waals surface area (Å²) in [7, 11) is 1.60. The molecule has 3 aromatic rings. The number of aromatic amines is 1. The van der Waals surface area contributed by atoms with Gasteiger partial charge < -0.3 is 45.3 Å². The van der Waals surface area contributed by atoms with E-state index in [9.17, 15) is 4.79 Å². The number of imidazole rings is 1. The first kappa shape index (κ1) is 20.2. The molecule has 0 spiro atoms. The molecule has 153 valence electrons. The minimum absolute atomic E-state index is 0.135. The number of carbonyl (C=O) groups excluding carboxylic acids is 1. The molecule has 1 radical (unpaired) electrons. The highest BCUT2D eigenvalue weighted by Gasteiger charge is 2.18. The molecule has 1 aliphatic heterocycles. The lowest BCUT2D eigenvalue weighted by molar-refractivity contribution is -0.575. The van der Waals surface area contributed by atoms with Gasteiger partial charge >= 0.3 is 12.0 Å². The Labute approximate surface area is 186 Å². The number of hydrogen-bond acceptors (Lipinski definition) is 7. The summed E-state index contributed by atoms with van der Waals surface area (Å²) in [6.45, 7) is 5.12. The smallest absolute Gasteiger partial charge is 0.310 e. The molecule has 2 aromatic heterocycles. The summed E-state index contributed by atoms with van der Waals surface area (Å²) in [6, 6.07) is 7.66. The maximum absolute atomic E-state index is 11.2. The average molecular weight is 528 g/mol. The summed E-state index contributed by atoms with van der Waals surface area (Å²) in [5.74, 6) is 0.931. The quantitative estimate of drug-likeness (QED) is 0.286. The summed E-state index contributed by atoms with van der Waals surface area (Å²) in [6.07, 6.45) is 0. The molecular weight excluding hydrogens is 509 g/mol. The molecule has 1 saturated heterocycles. The van der Waals surface area contributed by atoms with Crippen molar-refractivity contribution < 1.29 is 37.1 Å². The lowest BCUT2D eigenvalue weighted by atomic mass is 10.1.